The molecule has 0 bridgehead atoms. The summed E-state index contributed by atoms with van der Waals surface area (Å²) in [5, 5.41) is 15.4. The van der Waals surface area contributed by atoms with Gasteiger partial charge in [-0.05, 0) is 41.5 Å². The minimum atomic E-state index is 0.422. The van der Waals surface area contributed by atoms with Crippen molar-refractivity contribution in [2.24, 2.45) is 0 Å². The van der Waals surface area contributed by atoms with Gasteiger partial charge >= 0.3 is 0 Å². The summed E-state index contributed by atoms with van der Waals surface area (Å²) in [4.78, 5) is 0. The van der Waals surface area contributed by atoms with Gasteiger partial charge in [0.1, 0.15) is 0 Å². The highest BCUT2D eigenvalue weighted by Gasteiger charge is 2.00. The van der Waals surface area contributed by atoms with Gasteiger partial charge in [-0.25, -0.2) is 9.36 Å². The van der Waals surface area contributed by atoms with E-state index in [-0.39, 0.29) is 0 Å². The normalized spacial score (nSPS) is 10.7. The highest BCUT2D eigenvalue weighted by atomic mass is 15.4. The van der Waals surface area contributed by atoms with E-state index in [1.807, 2.05) is 29.4 Å². The molecule has 6 nitrogen and oxygen atoms in total. The fourth-order valence-corrected chi connectivity index (χ4v) is 1.42. The van der Waals surface area contributed by atoms with Crippen molar-refractivity contribution in [1.29, 1.82) is 0 Å². The Morgan fingerprint density at radius 3 is 1.89 bits per heavy atom. The molecule has 0 aliphatic heterocycles. The van der Waals surface area contributed by atoms with Crippen molar-refractivity contribution in [3.05, 3.63) is 23.8 Å². The molecule has 6 heteroatoms. The summed E-state index contributed by atoms with van der Waals surface area (Å²) < 4.78 is 3.73. The van der Waals surface area contributed by atoms with Crippen molar-refractivity contribution in [3.63, 3.8) is 0 Å². The molecule has 100 valence electrons. The number of nitrogens with zero attached hydrogens (tertiary/aromatic N) is 6. The first-order valence-electron chi connectivity index (χ1n) is 6.17. The largest absolute Gasteiger partial charge is 0.250 e. The van der Waals surface area contributed by atoms with Gasteiger partial charge in [-0.15, -0.1) is 10.2 Å². The van der Waals surface area contributed by atoms with Crippen LogP contribution in [0.1, 0.15) is 51.2 Å². The van der Waals surface area contributed by atoms with Gasteiger partial charge in [0.05, 0.1) is 17.6 Å². The van der Waals surface area contributed by atoms with E-state index in [4.69, 9.17) is 0 Å². The lowest BCUT2D eigenvalue weighted by Crippen LogP contribution is -2.04. The SMILES string of the molecule is Cc1cn(C(C)C)nn1.Cc1cnnn1C(C)C. The minimum Gasteiger partial charge on any atom is -0.250 e. The molecular formula is C12H22N6. The summed E-state index contributed by atoms with van der Waals surface area (Å²) in [6, 6.07) is 0.846. The van der Waals surface area contributed by atoms with Gasteiger partial charge in [0.2, 0.25) is 0 Å². The van der Waals surface area contributed by atoms with Crippen molar-refractivity contribution in [1.82, 2.24) is 30.0 Å². The van der Waals surface area contributed by atoms with Crippen molar-refractivity contribution in [2.45, 2.75) is 53.6 Å². The maximum atomic E-state index is 3.88. The van der Waals surface area contributed by atoms with E-state index >= 15 is 0 Å². The second-order valence-corrected chi connectivity index (χ2v) is 4.85. The number of hydrogen-bond acceptors (Lipinski definition) is 4. The number of rotatable bonds is 2. The van der Waals surface area contributed by atoms with Gasteiger partial charge in [-0.1, -0.05) is 10.4 Å². The van der Waals surface area contributed by atoms with E-state index in [1.165, 1.54) is 0 Å². The van der Waals surface area contributed by atoms with E-state index in [0.29, 0.717) is 12.1 Å². The van der Waals surface area contributed by atoms with Crippen LogP contribution in [-0.2, 0) is 0 Å². The molecule has 0 N–H and O–H groups in total. The van der Waals surface area contributed by atoms with Gasteiger partial charge in [0.15, 0.2) is 0 Å². The van der Waals surface area contributed by atoms with Gasteiger partial charge in [-0.2, -0.15) is 0 Å². The molecule has 0 saturated carbocycles. The Hall–Kier alpha value is -1.72. The molecule has 0 amide bonds. The Morgan fingerprint density at radius 1 is 1.00 bits per heavy atom. The first-order valence-corrected chi connectivity index (χ1v) is 6.17. The minimum absolute atomic E-state index is 0.422. The first kappa shape index (κ1) is 14.3. The van der Waals surface area contributed by atoms with Gasteiger partial charge in [-0.3, -0.25) is 0 Å². The Kier molecular flexibility index (Phi) is 5.00. The van der Waals surface area contributed by atoms with E-state index in [0.717, 1.165) is 11.4 Å². The highest BCUT2D eigenvalue weighted by Crippen LogP contribution is 2.03. The van der Waals surface area contributed by atoms with Crippen LogP contribution in [0.25, 0.3) is 0 Å². The van der Waals surface area contributed by atoms with Crippen molar-refractivity contribution in [3.8, 4) is 0 Å². The Bertz CT molecular complexity index is 468. The molecule has 2 heterocycles. The highest BCUT2D eigenvalue weighted by molar-refractivity contribution is 4.89. The molecule has 0 aliphatic carbocycles. The second kappa shape index (κ2) is 6.28. The number of hydrogen-bond donors (Lipinski definition) is 0. The van der Waals surface area contributed by atoms with Crippen molar-refractivity contribution in [2.75, 3.05) is 0 Å². The Labute approximate surface area is 108 Å². The topological polar surface area (TPSA) is 61.4 Å². The molecule has 0 fully saturated rings. The second-order valence-electron chi connectivity index (χ2n) is 4.85. The Morgan fingerprint density at radius 2 is 1.67 bits per heavy atom. The molecule has 0 unspecified atom stereocenters. The maximum absolute atomic E-state index is 3.88. The lowest BCUT2D eigenvalue weighted by atomic mass is 10.4. The molecule has 2 aromatic rings. The van der Waals surface area contributed by atoms with Crippen LogP contribution in [0.3, 0.4) is 0 Å². The third-order valence-corrected chi connectivity index (χ3v) is 2.40. The predicted molar refractivity (Wildman–Crippen MR) is 70.3 cm³/mol. The van der Waals surface area contributed by atoms with Crippen LogP contribution in [0.4, 0.5) is 0 Å². The summed E-state index contributed by atoms with van der Waals surface area (Å²) in [7, 11) is 0. The quantitative estimate of drug-likeness (QED) is 0.820. The fraction of sp³-hybridized carbons (Fsp3) is 0.667. The van der Waals surface area contributed by atoms with E-state index in [1.54, 1.807) is 6.20 Å². The summed E-state index contributed by atoms with van der Waals surface area (Å²) in [6.07, 6.45) is 3.70. The summed E-state index contributed by atoms with van der Waals surface area (Å²) in [5.41, 5.74) is 2.09. The third-order valence-electron chi connectivity index (χ3n) is 2.40. The van der Waals surface area contributed by atoms with Crippen LogP contribution < -0.4 is 0 Å². The molecule has 0 radical (unpaired) electrons. The average Bonchev–Trinajstić information content (AvgIpc) is 2.87. The maximum Gasteiger partial charge on any atom is 0.0796 e. The van der Waals surface area contributed by atoms with E-state index in [9.17, 15) is 0 Å². The van der Waals surface area contributed by atoms with E-state index < -0.39 is 0 Å². The summed E-state index contributed by atoms with van der Waals surface area (Å²) in [5.74, 6) is 0. The molecule has 2 rings (SSSR count). The lowest BCUT2D eigenvalue weighted by molar-refractivity contribution is 0.502. The summed E-state index contributed by atoms with van der Waals surface area (Å²) in [6.45, 7) is 12.3. The molecule has 18 heavy (non-hydrogen) atoms. The fourth-order valence-electron chi connectivity index (χ4n) is 1.42. The van der Waals surface area contributed by atoms with Crippen LogP contribution in [0.15, 0.2) is 12.4 Å². The molecular weight excluding hydrogens is 228 g/mol. The van der Waals surface area contributed by atoms with Crippen LogP contribution >= 0.6 is 0 Å². The van der Waals surface area contributed by atoms with Gasteiger partial charge < -0.3 is 0 Å². The zero-order chi connectivity index (χ0) is 13.7. The van der Waals surface area contributed by atoms with Crippen molar-refractivity contribution < 1.29 is 0 Å². The molecule has 0 aromatic carbocycles. The number of aromatic nitrogens is 6. The number of aryl methyl sites for hydroxylation is 2. The third kappa shape index (κ3) is 3.94. The smallest absolute Gasteiger partial charge is 0.0796 e. The van der Waals surface area contributed by atoms with Gasteiger partial charge in [0.25, 0.3) is 0 Å². The predicted octanol–water partition coefficient (Wildman–Crippen LogP) is 2.33. The standard InChI is InChI=1S/2C6H11N3/c1-5(2)9-4-6(3)7-8-9;1-5(2)9-6(3)4-7-8-9/h2*4-5H,1-3H3. The first-order chi connectivity index (χ1) is 8.41. The van der Waals surface area contributed by atoms with Crippen LogP contribution in [0.5, 0.6) is 0 Å². The molecule has 0 spiro atoms. The lowest BCUT2D eigenvalue weighted by Gasteiger charge is -2.04. The van der Waals surface area contributed by atoms with Crippen LogP contribution in [-0.4, -0.2) is 30.0 Å². The Balaban J connectivity index is 0.000000180. The van der Waals surface area contributed by atoms with Crippen LogP contribution in [0, 0.1) is 13.8 Å². The molecule has 0 saturated heterocycles. The summed E-state index contributed by atoms with van der Waals surface area (Å²) >= 11 is 0. The van der Waals surface area contributed by atoms with Gasteiger partial charge in [0, 0.05) is 18.3 Å². The monoisotopic (exact) mass is 250 g/mol. The van der Waals surface area contributed by atoms with Crippen molar-refractivity contribution >= 4 is 0 Å². The molecule has 2 aromatic heterocycles. The molecule has 0 atom stereocenters. The van der Waals surface area contributed by atoms with Crippen LogP contribution in [0.2, 0.25) is 0 Å². The zero-order valence-corrected chi connectivity index (χ0v) is 12.0. The molecule has 0 aliphatic rings. The van der Waals surface area contributed by atoms with E-state index in [2.05, 4.69) is 48.3 Å². The average molecular weight is 250 g/mol. The zero-order valence-electron chi connectivity index (χ0n) is 12.0.